The van der Waals surface area contributed by atoms with Crippen molar-refractivity contribution >= 4 is 26.0 Å². The van der Waals surface area contributed by atoms with Crippen LogP contribution in [-0.2, 0) is 10.0 Å². The number of rotatable bonds is 6. The number of nitrogens with zero attached hydrogens (tertiary/aromatic N) is 2. The molecule has 0 saturated heterocycles. The van der Waals surface area contributed by atoms with Gasteiger partial charge in [-0.2, -0.15) is 5.10 Å². The van der Waals surface area contributed by atoms with Crippen molar-refractivity contribution in [3.8, 4) is 5.69 Å². The predicted molar refractivity (Wildman–Crippen MR) is 97.9 cm³/mol. The van der Waals surface area contributed by atoms with Gasteiger partial charge in [-0.1, -0.05) is 24.3 Å². The molecular formula is C17H16BrN3O3S. The lowest BCUT2D eigenvalue weighted by molar-refractivity contribution is 0.182. The van der Waals surface area contributed by atoms with Crippen LogP contribution in [0.3, 0.4) is 0 Å². The average molecular weight is 422 g/mol. The molecule has 0 saturated carbocycles. The summed E-state index contributed by atoms with van der Waals surface area (Å²) in [6.07, 6.45) is 2.54. The van der Waals surface area contributed by atoms with Crippen LogP contribution >= 0.6 is 15.9 Å². The van der Waals surface area contributed by atoms with Gasteiger partial charge in [0, 0.05) is 23.4 Å². The summed E-state index contributed by atoms with van der Waals surface area (Å²) in [7, 11) is -3.71. The molecule has 0 aliphatic rings. The molecule has 1 heterocycles. The first kappa shape index (κ1) is 17.8. The highest BCUT2D eigenvalue weighted by molar-refractivity contribution is 9.10. The van der Waals surface area contributed by atoms with Gasteiger partial charge >= 0.3 is 0 Å². The van der Waals surface area contributed by atoms with Gasteiger partial charge in [0.15, 0.2) is 0 Å². The van der Waals surface area contributed by atoms with E-state index in [1.807, 2.05) is 24.4 Å². The summed E-state index contributed by atoms with van der Waals surface area (Å²) in [5.74, 6) is 0. The van der Waals surface area contributed by atoms with Gasteiger partial charge in [-0.15, -0.1) is 0 Å². The summed E-state index contributed by atoms with van der Waals surface area (Å²) in [5.41, 5.74) is 1.47. The van der Waals surface area contributed by atoms with E-state index in [0.717, 1.165) is 5.69 Å². The topological polar surface area (TPSA) is 84.2 Å². The Hall–Kier alpha value is -2.00. The molecule has 0 spiro atoms. The standard InChI is InChI=1S/C17H16BrN3O3S/c18-15-4-1-2-5-17(15)25(23,24)20-12-16(22)13-6-8-14(9-7-13)21-11-3-10-19-21/h1-11,16,20,22H,12H2. The minimum absolute atomic E-state index is 0.120. The quantitative estimate of drug-likeness (QED) is 0.640. The Bertz CT molecular complexity index is 942. The van der Waals surface area contributed by atoms with Crippen LogP contribution in [0.15, 0.2) is 76.4 Å². The minimum atomic E-state index is -3.71. The van der Waals surface area contributed by atoms with Gasteiger partial charge in [0.1, 0.15) is 0 Å². The monoisotopic (exact) mass is 421 g/mol. The SMILES string of the molecule is O=S(=O)(NCC(O)c1ccc(-n2cccn2)cc1)c1ccccc1Br. The molecule has 3 rings (SSSR count). The van der Waals surface area contributed by atoms with Crippen molar-refractivity contribution in [2.75, 3.05) is 6.54 Å². The second-order valence-electron chi connectivity index (χ2n) is 5.34. The minimum Gasteiger partial charge on any atom is -0.387 e. The van der Waals surface area contributed by atoms with Crippen LogP contribution < -0.4 is 4.72 Å². The number of halogens is 1. The molecule has 0 aliphatic heterocycles. The van der Waals surface area contributed by atoms with Crippen molar-refractivity contribution in [3.63, 3.8) is 0 Å². The van der Waals surface area contributed by atoms with E-state index < -0.39 is 16.1 Å². The number of aromatic nitrogens is 2. The van der Waals surface area contributed by atoms with Crippen molar-refractivity contribution in [2.45, 2.75) is 11.0 Å². The zero-order valence-corrected chi connectivity index (χ0v) is 15.5. The fourth-order valence-corrected chi connectivity index (χ4v) is 4.36. The third-order valence-corrected chi connectivity index (χ3v) is 6.08. The number of aliphatic hydroxyl groups excluding tert-OH is 1. The van der Waals surface area contributed by atoms with Crippen LogP contribution in [0, 0.1) is 0 Å². The molecule has 8 heteroatoms. The van der Waals surface area contributed by atoms with Gasteiger partial charge in [0.2, 0.25) is 10.0 Å². The smallest absolute Gasteiger partial charge is 0.241 e. The first-order chi connectivity index (χ1) is 12.0. The zero-order valence-electron chi connectivity index (χ0n) is 13.1. The Labute approximate surface area is 154 Å². The molecule has 0 bridgehead atoms. The van der Waals surface area contributed by atoms with E-state index in [0.29, 0.717) is 10.0 Å². The molecule has 2 aromatic carbocycles. The Morgan fingerprint density at radius 3 is 2.48 bits per heavy atom. The van der Waals surface area contributed by atoms with E-state index in [1.165, 1.54) is 6.07 Å². The molecule has 0 aliphatic carbocycles. The van der Waals surface area contributed by atoms with E-state index in [9.17, 15) is 13.5 Å². The van der Waals surface area contributed by atoms with E-state index in [4.69, 9.17) is 0 Å². The molecule has 0 amide bonds. The largest absolute Gasteiger partial charge is 0.387 e. The first-order valence-electron chi connectivity index (χ1n) is 7.49. The number of sulfonamides is 1. The summed E-state index contributed by atoms with van der Waals surface area (Å²) in [4.78, 5) is 0.135. The zero-order chi connectivity index (χ0) is 17.9. The van der Waals surface area contributed by atoms with Crippen molar-refractivity contribution < 1.29 is 13.5 Å². The van der Waals surface area contributed by atoms with Gasteiger partial charge < -0.3 is 5.11 Å². The predicted octanol–water partition coefficient (Wildman–Crippen LogP) is 2.65. The van der Waals surface area contributed by atoms with Gasteiger partial charge in [-0.05, 0) is 51.8 Å². The first-order valence-corrected chi connectivity index (χ1v) is 9.77. The highest BCUT2D eigenvalue weighted by Gasteiger charge is 2.19. The van der Waals surface area contributed by atoms with Crippen molar-refractivity contribution in [1.29, 1.82) is 0 Å². The third-order valence-electron chi connectivity index (χ3n) is 3.64. The van der Waals surface area contributed by atoms with Crippen LogP contribution in [0.4, 0.5) is 0 Å². The van der Waals surface area contributed by atoms with E-state index in [2.05, 4.69) is 25.8 Å². The molecule has 1 aromatic heterocycles. The Morgan fingerprint density at radius 2 is 1.84 bits per heavy atom. The van der Waals surface area contributed by atoms with Crippen LogP contribution in [-0.4, -0.2) is 29.8 Å². The lowest BCUT2D eigenvalue weighted by Crippen LogP contribution is -2.28. The maximum Gasteiger partial charge on any atom is 0.241 e. The van der Waals surface area contributed by atoms with Crippen LogP contribution in [0.25, 0.3) is 5.69 Å². The molecule has 130 valence electrons. The van der Waals surface area contributed by atoms with Gasteiger partial charge in [-0.3, -0.25) is 0 Å². The molecule has 25 heavy (non-hydrogen) atoms. The fourth-order valence-electron chi connectivity index (χ4n) is 2.32. The number of hydrogen-bond donors (Lipinski definition) is 2. The molecule has 1 atom stereocenters. The summed E-state index contributed by atoms with van der Waals surface area (Å²) in [6, 6.07) is 15.5. The number of benzene rings is 2. The lowest BCUT2D eigenvalue weighted by atomic mass is 10.1. The van der Waals surface area contributed by atoms with Crippen molar-refractivity contribution in [1.82, 2.24) is 14.5 Å². The second kappa shape index (κ2) is 7.49. The summed E-state index contributed by atoms with van der Waals surface area (Å²) < 4.78 is 29.3. The average Bonchev–Trinajstić information content (AvgIpc) is 3.15. The Balaban J connectivity index is 1.68. The summed E-state index contributed by atoms with van der Waals surface area (Å²) in [6.45, 7) is -0.120. The summed E-state index contributed by atoms with van der Waals surface area (Å²) in [5, 5.41) is 14.4. The fraction of sp³-hybridized carbons (Fsp3) is 0.118. The third kappa shape index (κ3) is 4.16. The number of nitrogens with one attached hydrogen (secondary N) is 1. The highest BCUT2D eigenvalue weighted by atomic mass is 79.9. The van der Waals surface area contributed by atoms with Gasteiger partial charge in [-0.25, -0.2) is 17.8 Å². The molecular weight excluding hydrogens is 406 g/mol. The van der Waals surface area contributed by atoms with E-state index in [1.54, 1.807) is 41.2 Å². The van der Waals surface area contributed by atoms with E-state index >= 15 is 0 Å². The van der Waals surface area contributed by atoms with Crippen molar-refractivity contribution in [2.24, 2.45) is 0 Å². The molecule has 0 radical (unpaired) electrons. The lowest BCUT2D eigenvalue weighted by Gasteiger charge is -2.14. The molecule has 3 aromatic rings. The Morgan fingerprint density at radius 1 is 1.12 bits per heavy atom. The second-order valence-corrected chi connectivity index (χ2v) is 7.93. The van der Waals surface area contributed by atoms with E-state index in [-0.39, 0.29) is 11.4 Å². The number of hydrogen-bond acceptors (Lipinski definition) is 4. The normalized spacial score (nSPS) is 12.9. The summed E-state index contributed by atoms with van der Waals surface area (Å²) >= 11 is 3.22. The van der Waals surface area contributed by atoms with Crippen molar-refractivity contribution in [3.05, 3.63) is 77.0 Å². The van der Waals surface area contributed by atoms with Crippen LogP contribution in [0.1, 0.15) is 11.7 Å². The molecule has 1 unspecified atom stereocenters. The van der Waals surface area contributed by atoms with Crippen LogP contribution in [0.5, 0.6) is 0 Å². The highest BCUT2D eigenvalue weighted by Crippen LogP contribution is 2.21. The maximum absolute atomic E-state index is 12.3. The van der Waals surface area contributed by atoms with Gasteiger partial charge in [0.05, 0.1) is 16.7 Å². The van der Waals surface area contributed by atoms with Crippen LogP contribution in [0.2, 0.25) is 0 Å². The van der Waals surface area contributed by atoms with Gasteiger partial charge in [0.25, 0.3) is 0 Å². The molecule has 0 fully saturated rings. The number of aliphatic hydroxyl groups is 1. The molecule has 6 nitrogen and oxygen atoms in total. The molecule has 2 N–H and O–H groups in total. The Kier molecular flexibility index (Phi) is 5.33. The maximum atomic E-state index is 12.3.